The Morgan fingerprint density at radius 2 is 2.29 bits per heavy atom. The van der Waals surface area contributed by atoms with E-state index in [1.807, 2.05) is 0 Å². The molecule has 1 heterocycles. The molecule has 0 radical (unpaired) electrons. The molecule has 1 aromatic heterocycles. The lowest BCUT2D eigenvalue weighted by molar-refractivity contribution is -0.396. The first-order chi connectivity index (χ1) is 9.97. The number of anilines is 1. The maximum atomic E-state index is 11.8. The van der Waals surface area contributed by atoms with Crippen LogP contribution in [0.2, 0.25) is 0 Å². The van der Waals surface area contributed by atoms with Crippen LogP contribution in [-0.2, 0) is 11.3 Å². The second-order valence-electron chi connectivity index (χ2n) is 4.46. The lowest BCUT2D eigenvalue weighted by atomic mass is 10.3. The van der Waals surface area contributed by atoms with E-state index in [-0.39, 0.29) is 30.6 Å². The number of phenols is 1. The van der Waals surface area contributed by atoms with Gasteiger partial charge < -0.3 is 20.5 Å². The minimum Gasteiger partial charge on any atom is -0.508 e. The molecule has 0 saturated carbocycles. The van der Waals surface area contributed by atoms with Crippen LogP contribution >= 0.6 is 0 Å². The number of aromatic nitrogens is 2. The van der Waals surface area contributed by atoms with E-state index in [2.05, 4.69) is 10.3 Å². The van der Waals surface area contributed by atoms with Crippen LogP contribution in [0.3, 0.4) is 0 Å². The maximum absolute atomic E-state index is 11.8. The van der Waals surface area contributed by atoms with Crippen LogP contribution in [-0.4, -0.2) is 25.5 Å². The monoisotopic (exact) mass is 290 g/mol. The summed E-state index contributed by atoms with van der Waals surface area (Å²) in [5.74, 6) is -0.533. The van der Waals surface area contributed by atoms with Crippen molar-refractivity contribution in [3.05, 3.63) is 46.3 Å². The number of imidazole rings is 1. The van der Waals surface area contributed by atoms with Crippen LogP contribution < -0.4 is 5.32 Å². The molecule has 0 aliphatic rings. The van der Waals surface area contributed by atoms with Crippen LogP contribution in [0.15, 0.2) is 30.5 Å². The molecule has 2 rings (SSSR count). The van der Waals surface area contributed by atoms with E-state index in [1.54, 1.807) is 19.1 Å². The second kappa shape index (κ2) is 6.04. The van der Waals surface area contributed by atoms with E-state index < -0.39 is 4.92 Å². The fourth-order valence-electron chi connectivity index (χ4n) is 1.89. The van der Waals surface area contributed by atoms with Gasteiger partial charge in [-0.3, -0.25) is 4.79 Å². The van der Waals surface area contributed by atoms with Crippen molar-refractivity contribution in [3.63, 3.8) is 0 Å². The van der Waals surface area contributed by atoms with Crippen molar-refractivity contribution in [1.82, 2.24) is 9.55 Å². The standard InChI is InChI=1S/C13H14N4O4/c1-9-8-14-13(17(20)21)16(9)6-5-12(19)15-10-3-2-4-11(18)7-10/h2-4,7-8,18H,5-6H2,1H3,(H,15,19). The highest BCUT2D eigenvalue weighted by Crippen LogP contribution is 2.16. The molecule has 2 N–H and O–H groups in total. The summed E-state index contributed by atoms with van der Waals surface area (Å²) in [7, 11) is 0. The summed E-state index contributed by atoms with van der Waals surface area (Å²) >= 11 is 0. The predicted octanol–water partition coefficient (Wildman–Crippen LogP) is 1.83. The zero-order chi connectivity index (χ0) is 15.4. The number of nitrogens with zero attached hydrogens (tertiary/aromatic N) is 3. The summed E-state index contributed by atoms with van der Waals surface area (Å²) in [6, 6.07) is 6.16. The van der Waals surface area contributed by atoms with Crippen molar-refractivity contribution in [1.29, 1.82) is 0 Å². The van der Waals surface area contributed by atoms with Gasteiger partial charge in [0.1, 0.15) is 17.6 Å². The third-order valence-electron chi connectivity index (χ3n) is 2.89. The Hall–Kier alpha value is -2.90. The molecule has 0 bridgehead atoms. The smallest absolute Gasteiger partial charge is 0.434 e. The number of aromatic hydroxyl groups is 1. The summed E-state index contributed by atoms with van der Waals surface area (Å²) < 4.78 is 1.38. The molecular formula is C13H14N4O4. The predicted molar refractivity (Wildman–Crippen MR) is 75.0 cm³/mol. The Bertz CT molecular complexity index is 681. The highest BCUT2D eigenvalue weighted by atomic mass is 16.6. The largest absolute Gasteiger partial charge is 0.508 e. The molecule has 2 aromatic rings. The van der Waals surface area contributed by atoms with E-state index in [0.717, 1.165) is 0 Å². The zero-order valence-corrected chi connectivity index (χ0v) is 11.3. The van der Waals surface area contributed by atoms with E-state index in [4.69, 9.17) is 0 Å². The summed E-state index contributed by atoms with van der Waals surface area (Å²) in [5.41, 5.74) is 1.09. The van der Waals surface area contributed by atoms with Crippen LogP contribution in [0.4, 0.5) is 11.6 Å². The number of nitro groups is 1. The number of nitrogens with one attached hydrogen (secondary N) is 1. The first-order valence-corrected chi connectivity index (χ1v) is 6.23. The Morgan fingerprint density at radius 3 is 2.95 bits per heavy atom. The summed E-state index contributed by atoms with van der Waals surface area (Å²) in [6.45, 7) is 1.85. The molecule has 1 amide bonds. The average molecular weight is 290 g/mol. The lowest BCUT2D eigenvalue weighted by Crippen LogP contribution is -2.15. The average Bonchev–Trinajstić information content (AvgIpc) is 2.78. The molecule has 110 valence electrons. The van der Waals surface area contributed by atoms with Crippen LogP contribution in [0.5, 0.6) is 5.75 Å². The van der Waals surface area contributed by atoms with Gasteiger partial charge in [-0.1, -0.05) is 11.1 Å². The van der Waals surface area contributed by atoms with Crippen molar-refractivity contribution >= 4 is 17.5 Å². The topological polar surface area (TPSA) is 110 Å². The molecule has 0 atom stereocenters. The SMILES string of the molecule is Cc1cnc([N+](=O)[O-])n1CCC(=O)Nc1cccc(O)c1. The first-order valence-electron chi connectivity index (χ1n) is 6.23. The van der Waals surface area contributed by atoms with E-state index in [1.165, 1.54) is 22.9 Å². The number of hydrogen-bond donors (Lipinski definition) is 2. The maximum Gasteiger partial charge on any atom is 0.434 e. The van der Waals surface area contributed by atoms with Crippen molar-refractivity contribution in [2.24, 2.45) is 0 Å². The molecule has 8 heteroatoms. The third kappa shape index (κ3) is 3.56. The molecular weight excluding hydrogens is 276 g/mol. The molecule has 0 saturated heterocycles. The van der Waals surface area contributed by atoms with Gasteiger partial charge in [-0.2, -0.15) is 0 Å². The number of phenolic OH excluding ortho intramolecular Hbond substituents is 1. The van der Waals surface area contributed by atoms with E-state index in [0.29, 0.717) is 11.4 Å². The molecule has 8 nitrogen and oxygen atoms in total. The zero-order valence-electron chi connectivity index (χ0n) is 11.3. The highest BCUT2D eigenvalue weighted by Gasteiger charge is 2.18. The number of aryl methyl sites for hydroxylation is 1. The van der Waals surface area contributed by atoms with Crippen molar-refractivity contribution in [2.75, 3.05) is 5.32 Å². The third-order valence-corrected chi connectivity index (χ3v) is 2.89. The second-order valence-corrected chi connectivity index (χ2v) is 4.46. The number of rotatable bonds is 5. The van der Waals surface area contributed by atoms with Crippen LogP contribution in [0.25, 0.3) is 0 Å². The minimum absolute atomic E-state index is 0.0499. The van der Waals surface area contributed by atoms with E-state index >= 15 is 0 Å². The Labute approximate surface area is 120 Å². The molecule has 1 aromatic carbocycles. The van der Waals surface area contributed by atoms with Gasteiger partial charge in [-0.25, -0.2) is 4.57 Å². The number of carbonyl (C=O) groups is 1. The van der Waals surface area contributed by atoms with Gasteiger partial charge >= 0.3 is 5.95 Å². The van der Waals surface area contributed by atoms with E-state index in [9.17, 15) is 20.0 Å². The Kier molecular flexibility index (Phi) is 4.17. The fourth-order valence-corrected chi connectivity index (χ4v) is 1.89. The number of carbonyl (C=O) groups excluding carboxylic acids is 1. The van der Waals surface area contributed by atoms with Gasteiger partial charge in [-0.15, -0.1) is 0 Å². The van der Waals surface area contributed by atoms with Gasteiger partial charge in [0, 0.05) is 11.8 Å². The van der Waals surface area contributed by atoms with Gasteiger partial charge in [0.2, 0.25) is 5.91 Å². The molecule has 21 heavy (non-hydrogen) atoms. The number of hydrogen-bond acceptors (Lipinski definition) is 5. The summed E-state index contributed by atoms with van der Waals surface area (Å²) in [5, 5.41) is 22.7. The van der Waals surface area contributed by atoms with Gasteiger partial charge in [0.05, 0.1) is 13.0 Å². The molecule has 0 fully saturated rings. The van der Waals surface area contributed by atoms with Gasteiger partial charge in [0.15, 0.2) is 0 Å². The number of amides is 1. The molecule has 0 spiro atoms. The molecule has 0 unspecified atom stereocenters. The fraction of sp³-hybridized carbons (Fsp3) is 0.231. The van der Waals surface area contributed by atoms with Gasteiger partial charge in [-0.05, 0) is 24.0 Å². The van der Waals surface area contributed by atoms with Crippen molar-refractivity contribution < 1.29 is 14.8 Å². The highest BCUT2D eigenvalue weighted by molar-refractivity contribution is 5.90. The summed E-state index contributed by atoms with van der Waals surface area (Å²) in [4.78, 5) is 25.7. The molecule has 0 aliphatic carbocycles. The van der Waals surface area contributed by atoms with Crippen molar-refractivity contribution in [3.8, 4) is 5.75 Å². The Morgan fingerprint density at radius 1 is 1.52 bits per heavy atom. The van der Waals surface area contributed by atoms with Crippen molar-refractivity contribution in [2.45, 2.75) is 19.9 Å². The minimum atomic E-state index is -0.583. The quantitative estimate of drug-likeness (QED) is 0.644. The first kappa shape index (κ1) is 14.5. The van der Waals surface area contributed by atoms with Crippen LogP contribution in [0, 0.1) is 17.0 Å². The Balaban J connectivity index is 1.99. The summed E-state index contributed by atoms with van der Waals surface area (Å²) in [6.07, 6.45) is 1.46. The van der Waals surface area contributed by atoms with Crippen LogP contribution in [0.1, 0.15) is 12.1 Å². The van der Waals surface area contributed by atoms with Gasteiger partial charge in [0.25, 0.3) is 0 Å². The number of benzene rings is 1. The molecule has 0 aliphatic heterocycles. The lowest BCUT2D eigenvalue weighted by Gasteiger charge is -2.06. The normalized spacial score (nSPS) is 10.3.